The molecular weight excluding hydrogens is 240 g/mol. The Kier molecular flexibility index (Phi) is 25.5. The molecular formula is C20H42. The summed E-state index contributed by atoms with van der Waals surface area (Å²) in [7, 11) is 0. The lowest BCUT2D eigenvalue weighted by molar-refractivity contribution is 0.300. The minimum Gasteiger partial charge on any atom is -0.106 e. The summed E-state index contributed by atoms with van der Waals surface area (Å²) in [6.07, 6.45) is 11.3. The first-order chi connectivity index (χ1) is 9.65. The minimum atomic E-state index is 0.795. The van der Waals surface area contributed by atoms with Gasteiger partial charge in [0.2, 0.25) is 0 Å². The van der Waals surface area contributed by atoms with Crippen LogP contribution in [0.15, 0.2) is 25.3 Å². The van der Waals surface area contributed by atoms with Crippen LogP contribution < -0.4 is 0 Å². The Bertz CT molecular complexity index is 174. The highest BCUT2D eigenvalue weighted by atomic mass is 14.2. The van der Waals surface area contributed by atoms with Crippen molar-refractivity contribution < 1.29 is 0 Å². The lowest BCUT2D eigenvalue weighted by atomic mass is 9.80. The second-order valence-electron chi connectivity index (χ2n) is 5.40. The van der Waals surface area contributed by atoms with E-state index in [1.54, 1.807) is 0 Å². The maximum atomic E-state index is 4.09. The number of rotatable bonds is 4. The van der Waals surface area contributed by atoms with Crippen molar-refractivity contribution >= 4 is 0 Å². The zero-order valence-electron chi connectivity index (χ0n) is 15.4. The first-order valence-corrected chi connectivity index (χ1v) is 8.80. The van der Waals surface area contributed by atoms with Gasteiger partial charge in [-0.25, -0.2) is 0 Å². The van der Waals surface area contributed by atoms with E-state index in [2.05, 4.69) is 47.4 Å². The van der Waals surface area contributed by atoms with E-state index < -0.39 is 0 Å². The molecule has 20 heavy (non-hydrogen) atoms. The van der Waals surface area contributed by atoms with Crippen molar-refractivity contribution in [1.82, 2.24) is 0 Å². The number of hydrogen-bond acceptors (Lipinski definition) is 0. The van der Waals surface area contributed by atoms with E-state index in [1.807, 2.05) is 13.8 Å². The van der Waals surface area contributed by atoms with Crippen molar-refractivity contribution in [1.29, 1.82) is 0 Å². The van der Waals surface area contributed by atoms with Crippen LogP contribution in [0.1, 0.15) is 92.9 Å². The van der Waals surface area contributed by atoms with Crippen LogP contribution in [0.4, 0.5) is 0 Å². The molecule has 0 radical (unpaired) electrons. The molecule has 0 heteroatoms. The minimum absolute atomic E-state index is 0.795. The second kappa shape index (κ2) is 20.8. The molecule has 0 heterocycles. The molecule has 0 saturated heterocycles. The molecule has 1 rings (SSSR count). The summed E-state index contributed by atoms with van der Waals surface area (Å²) in [5, 5.41) is 0. The van der Waals surface area contributed by atoms with E-state index in [-0.39, 0.29) is 0 Å². The van der Waals surface area contributed by atoms with E-state index in [0.717, 1.165) is 11.8 Å². The van der Waals surface area contributed by atoms with E-state index in [9.17, 15) is 0 Å². The fourth-order valence-electron chi connectivity index (χ4n) is 2.54. The third-order valence-electron chi connectivity index (χ3n) is 3.53. The van der Waals surface area contributed by atoms with E-state index in [0.29, 0.717) is 0 Å². The molecule has 1 atom stereocenters. The summed E-state index contributed by atoms with van der Waals surface area (Å²) in [5.41, 5.74) is 1.40. The van der Waals surface area contributed by atoms with Crippen LogP contribution in [0.2, 0.25) is 0 Å². The van der Waals surface area contributed by atoms with Gasteiger partial charge in [-0.15, -0.1) is 13.2 Å². The predicted molar refractivity (Wildman–Crippen MR) is 98.4 cm³/mol. The Morgan fingerprint density at radius 3 is 1.70 bits per heavy atom. The van der Waals surface area contributed by atoms with Gasteiger partial charge in [-0.05, 0) is 31.6 Å². The Labute approximate surface area is 130 Å². The van der Waals surface area contributed by atoms with Crippen LogP contribution in [0.25, 0.3) is 0 Å². The third-order valence-corrected chi connectivity index (χ3v) is 3.53. The van der Waals surface area contributed by atoms with Crippen LogP contribution >= 0.6 is 0 Å². The standard InChI is InChI=1S/C13H24.C3H8.C2H6.C2H4/c1-4-13(11(2)3)10-12-8-6-5-7-9-12;1-3-2;2*1-2/h12-13H,2,4-10H2,1,3H3;3H2,1-2H3;1-2H3;1-2H2. The Morgan fingerprint density at radius 1 is 1.00 bits per heavy atom. The molecule has 0 nitrogen and oxygen atoms in total. The summed E-state index contributed by atoms with van der Waals surface area (Å²) in [6, 6.07) is 0. The Hall–Kier alpha value is -0.520. The maximum absolute atomic E-state index is 4.09. The van der Waals surface area contributed by atoms with Gasteiger partial charge in [0.15, 0.2) is 0 Å². The highest BCUT2D eigenvalue weighted by molar-refractivity contribution is 4.96. The van der Waals surface area contributed by atoms with Gasteiger partial charge < -0.3 is 0 Å². The van der Waals surface area contributed by atoms with Gasteiger partial charge in [0, 0.05) is 0 Å². The number of hydrogen-bond donors (Lipinski definition) is 0. The van der Waals surface area contributed by atoms with Crippen LogP contribution in [-0.4, -0.2) is 0 Å². The molecule has 1 unspecified atom stereocenters. The Morgan fingerprint density at radius 2 is 1.40 bits per heavy atom. The highest BCUT2D eigenvalue weighted by Crippen LogP contribution is 2.32. The molecule has 1 saturated carbocycles. The Balaban J connectivity index is -0.000000355. The topological polar surface area (TPSA) is 0 Å². The first-order valence-electron chi connectivity index (χ1n) is 8.80. The fourth-order valence-corrected chi connectivity index (χ4v) is 2.54. The van der Waals surface area contributed by atoms with Gasteiger partial charge in [0.05, 0.1) is 0 Å². The molecule has 0 bridgehead atoms. The van der Waals surface area contributed by atoms with Gasteiger partial charge in [0.1, 0.15) is 0 Å². The van der Waals surface area contributed by atoms with Crippen LogP contribution in [0.3, 0.4) is 0 Å². The van der Waals surface area contributed by atoms with Crippen LogP contribution in [0, 0.1) is 11.8 Å². The van der Waals surface area contributed by atoms with E-state index in [1.165, 1.54) is 56.9 Å². The largest absolute Gasteiger partial charge is 0.106 e. The van der Waals surface area contributed by atoms with E-state index >= 15 is 0 Å². The van der Waals surface area contributed by atoms with Crippen molar-refractivity contribution in [2.24, 2.45) is 11.8 Å². The van der Waals surface area contributed by atoms with Crippen molar-refractivity contribution in [3.05, 3.63) is 25.3 Å². The first kappa shape index (κ1) is 24.5. The SMILES string of the molecule is C=C.C=C(C)C(CC)CC1CCCCC1.CC.CCC. The normalized spacial score (nSPS) is 15.3. The van der Waals surface area contributed by atoms with Gasteiger partial charge in [0.25, 0.3) is 0 Å². The lowest BCUT2D eigenvalue weighted by Crippen LogP contribution is -2.12. The van der Waals surface area contributed by atoms with Gasteiger partial charge in [-0.3, -0.25) is 0 Å². The van der Waals surface area contributed by atoms with Gasteiger partial charge in [-0.2, -0.15) is 0 Å². The van der Waals surface area contributed by atoms with Gasteiger partial charge >= 0.3 is 0 Å². The van der Waals surface area contributed by atoms with Crippen molar-refractivity contribution in [2.75, 3.05) is 0 Å². The summed E-state index contributed by atoms with van der Waals surface area (Å²) in [5.74, 6) is 1.80. The molecule has 0 aliphatic heterocycles. The summed E-state index contributed by atoms with van der Waals surface area (Å²) in [6.45, 7) is 22.8. The van der Waals surface area contributed by atoms with Crippen LogP contribution in [0.5, 0.6) is 0 Å². The molecule has 0 spiro atoms. The molecule has 1 fully saturated rings. The molecule has 122 valence electrons. The maximum Gasteiger partial charge on any atom is -0.0209 e. The fraction of sp³-hybridized carbons (Fsp3) is 0.800. The quantitative estimate of drug-likeness (QED) is 0.461. The summed E-state index contributed by atoms with van der Waals surface area (Å²) < 4.78 is 0. The molecule has 0 aromatic carbocycles. The molecule has 0 aromatic heterocycles. The van der Waals surface area contributed by atoms with E-state index in [4.69, 9.17) is 0 Å². The number of allylic oxidation sites excluding steroid dienone is 1. The second-order valence-corrected chi connectivity index (χ2v) is 5.40. The third kappa shape index (κ3) is 15.5. The zero-order valence-corrected chi connectivity index (χ0v) is 15.4. The highest BCUT2D eigenvalue weighted by Gasteiger charge is 2.17. The average molecular weight is 283 g/mol. The van der Waals surface area contributed by atoms with Crippen molar-refractivity contribution in [2.45, 2.75) is 92.9 Å². The molecule has 1 aliphatic carbocycles. The molecule has 0 N–H and O–H groups in total. The molecule has 0 aromatic rings. The zero-order chi connectivity index (χ0) is 16.4. The average Bonchev–Trinajstić information content (AvgIpc) is 2.50. The monoisotopic (exact) mass is 282 g/mol. The predicted octanol–water partition coefficient (Wildman–Crippen LogP) is 7.80. The van der Waals surface area contributed by atoms with Crippen molar-refractivity contribution in [3.8, 4) is 0 Å². The molecule has 1 aliphatic rings. The lowest BCUT2D eigenvalue weighted by Gasteiger charge is -2.26. The summed E-state index contributed by atoms with van der Waals surface area (Å²) in [4.78, 5) is 0. The summed E-state index contributed by atoms with van der Waals surface area (Å²) >= 11 is 0. The van der Waals surface area contributed by atoms with Gasteiger partial charge in [-0.1, -0.05) is 85.3 Å². The molecule has 0 amide bonds. The van der Waals surface area contributed by atoms with Crippen molar-refractivity contribution in [3.63, 3.8) is 0 Å². The smallest absolute Gasteiger partial charge is 0.0209 e. The van der Waals surface area contributed by atoms with Crippen LogP contribution in [-0.2, 0) is 0 Å².